The van der Waals surface area contributed by atoms with E-state index in [1.165, 1.54) is 15.6 Å². The molecule has 20 heavy (non-hydrogen) atoms. The van der Waals surface area contributed by atoms with Crippen LogP contribution in [0.1, 0.15) is 6.42 Å². The first kappa shape index (κ1) is 13.0. The lowest BCUT2D eigenvalue weighted by Crippen LogP contribution is -2.49. The Morgan fingerprint density at radius 1 is 1.40 bits per heavy atom. The maximum Gasteiger partial charge on any atom is 0.329 e. The molecule has 3 rings (SSSR count). The molecular weight excluding hydrogens is 331 g/mol. The van der Waals surface area contributed by atoms with E-state index in [-0.39, 0.29) is 30.1 Å². The van der Waals surface area contributed by atoms with Gasteiger partial charge in [-0.05, 0) is 28.1 Å². The molecule has 3 amide bonds. The van der Waals surface area contributed by atoms with Crippen LogP contribution in [0.3, 0.4) is 0 Å². The van der Waals surface area contributed by atoms with Gasteiger partial charge in [-0.1, -0.05) is 0 Å². The lowest BCUT2D eigenvalue weighted by molar-refractivity contribution is -0.120. The van der Waals surface area contributed by atoms with E-state index in [1.54, 1.807) is 13.1 Å². The van der Waals surface area contributed by atoms with Gasteiger partial charge in [0.25, 0.3) is 0 Å². The van der Waals surface area contributed by atoms with Crippen molar-refractivity contribution in [3.05, 3.63) is 22.4 Å². The molecule has 0 unspecified atom stereocenters. The number of aryl methyl sites for hydroxylation is 1. The lowest BCUT2D eigenvalue weighted by Gasteiger charge is -2.24. The van der Waals surface area contributed by atoms with Crippen LogP contribution in [0.2, 0.25) is 0 Å². The summed E-state index contributed by atoms with van der Waals surface area (Å²) in [6.07, 6.45) is 0.166. The zero-order valence-electron chi connectivity index (χ0n) is 10.5. The van der Waals surface area contributed by atoms with Crippen molar-refractivity contribution in [3.8, 4) is 0 Å². The van der Waals surface area contributed by atoms with Crippen LogP contribution in [0.15, 0.2) is 16.6 Å². The van der Waals surface area contributed by atoms with Crippen LogP contribution in [0.5, 0.6) is 0 Å². The largest absolute Gasteiger partial charge is 0.329 e. The molecule has 0 radical (unpaired) electrons. The highest BCUT2D eigenvalue weighted by molar-refractivity contribution is 9.10. The zero-order chi connectivity index (χ0) is 14.4. The molecule has 0 atom stereocenters. The topological polar surface area (TPSA) is 67.2 Å². The summed E-state index contributed by atoms with van der Waals surface area (Å²) in [4.78, 5) is 24.3. The van der Waals surface area contributed by atoms with Gasteiger partial charge in [0.15, 0.2) is 5.82 Å². The number of imide groups is 1. The van der Waals surface area contributed by atoms with E-state index < -0.39 is 11.8 Å². The smallest absolute Gasteiger partial charge is 0.278 e. The van der Waals surface area contributed by atoms with E-state index >= 15 is 0 Å². The number of urea groups is 1. The van der Waals surface area contributed by atoms with Gasteiger partial charge >= 0.3 is 6.03 Å². The number of fused-ring (bicyclic) bond motifs is 1. The number of rotatable bonds is 1. The highest BCUT2D eigenvalue weighted by atomic mass is 79.9. The van der Waals surface area contributed by atoms with Crippen molar-refractivity contribution in [3.63, 3.8) is 0 Å². The monoisotopic (exact) mass is 340 g/mol. The molecule has 1 aromatic carbocycles. The second kappa shape index (κ2) is 4.55. The quantitative estimate of drug-likeness (QED) is 0.862. The summed E-state index contributed by atoms with van der Waals surface area (Å²) in [7, 11) is 1.67. The van der Waals surface area contributed by atoms with Crippen molar-refractivity contribution < 1.29 is 14.0 Å². The van der Waals surface area contributed by atoms with Crippen molar-refractivity contribution in [1.82, 2.24) is 15.1 Å². The number of hydrogen-bond acceptors (Lipinski definition) is 3. The van der Waals surface area contributed by atoms with Crippen LogP contribution in [0.4, 0.5) is 15.0 Å². The summed E-state index contributed by atoms with van der Waals surface area (Å²) in [5.41, 5.74) is 0.560. The normalized spacial score (nSPS) is 15.8. The van der Waals surface area contributed by atoms with Crippen molar-refractivity contribution in [1.29, 1.82) is 0 Å². The predicted molar refractivity (Wildman–Crippen MR) is 73.9 cm³/mol. The molecule has 0 aliphatic carbocycles. The number of benzene rings is 1. The molecule has 8 heteroatoms. The number of halogens is 2. The molecule has 1 aliphatic heterocycles. The Hall–Kier alpha value is -1.96. The van der Waals surface area contributed by atoms with Crippen LogP contribution >= 0.6 is 15.9 Å². The fraction of sp³-hybridized carbons (Fsp3) is 0.250. The maximum absolute atomic E-state index is 14.1. The SMILES string of the molecule is Cn1nc(N2CCC(=O)NC2=O)c2c(F)ccc(Br)c21. The molecule has 2 aromatic rings. The van der Waals surface area contributed by atoms with Gasteiger partial charge in [0, 0.05) is 24.5 Å². The fourth-order valence-corrected chi connectivity index (χ4v) is 2.85. The molecule has 0 saturated carbocycles. The predicted octanol–water partition coefficient (Wildman–Crippen LogP) is 1.92. The number of aromatic nitrogens is 2. The molecule has 1 fully saturated rings. The van der Waals surface area contributed by atoms with Gasteiger partial charge in [0.2, 0.25) is 5.91 Å². The molecule has 6 nitrogen and oxygen atoms in total. The second-order valence-electron chi connectivity index (χ2n) is 4.45. The molecule has 0 bridgehead atoms. The summed E-state index contributed by atoms with van der Waals surface area (Å²) in [6, 6.07) is 2.31. The first-order chi connectivity index (χ1) is 9.49. The third kappa shape index (κ3) is 1.87. The Kier molecular flexibility index (Phi) is 2.97. The van der Waals surface area contributed by atoms with Crippen LogP contribution < -0.4 is 10.2 Å². The van der Waals surface area contributed by atoms with Gasteiger partial charge in [-0.15, -0.1) is 0 Å². The standard InChI is InChI=1S/C12H10BrFN4O2/c1-17-10-6(13)2-3-7(14)9(10)11(16-17)18-5-4-8(19)15-12(18)20/h2-3H,4-5H2,1H3,(H,15,19,20). The zero-order valence-corrected chi connectivity index (χ0v) is 12.1. The number of anilines is 1. The van der Waals surface area contributed by atoms with E-state index in [2.05, 4.69) is 26.3 Å². The highest BCUT2D eigenvalue weighted by Crippen LogP contribution is 2.33. The molecule has 104 valence electrons. The van der Waals surface area contributed by atoms with Gasteiger partial charge in [-0.3, -0.25) is 19.7 Å². The summed E-state index contributed by atoms with van der Waals surface area (Å²) in [5.74, 6) is -0.588. The number of carbonyl (C=O) groups is 2. The molecule has 1 aromatic heterocycles. The lowest BCUT2D eigenvalue weighted by atomic mass is 10.2. The molecular formula is C12H10BrFN4O2. The summed E-state index contributed by atoms with van der Waals surface area (Å²) in [5, 5.41) is 6.67. The van der Waals surface area contributed by atoms with E-state index in [0.717, 1.165) is 0 Å². The van der Waals surface area contributed by atoms with Crippen molar-refractivity contribution in [2.45, 2.75) is 6.42 Å². The number of nitrogens with zero attached hydrogens (tertiary/aromatic N) is 3. The Morgan fingerprint density at radius 3 is 2.85 bits per heavy atom. The van der Waals surface area contributed by atoms with Gasteiger partial charge in [0.1, 0.15) is 5.82 Å². The average molecular weight is 341 g/mol. The molecule has 1 saturated heterocycles. The van der Waals surface area contributed by atoms with Crippen LogP contribution in [0.25, 0.3) is 10.9 Å². The number of hydrogen-bond donors (Lipinski definition) is 1. The maximum atomic E-state index is 14.1. The Balaban J connectivity index is 2.20. The van der Waals surface area contributed by atoms with Gasteiger partial charge in [-0.25, -0.2) is 9.18 Å². The first-order valence-electron chi connectivity index (χ1n) is 5.91. The highest BCUT2D eigenvalue weighted by Gasteiger charge is 2.29. The van der Waals surface area contributed by atoms with Crippen molar-refractivity contribution in [2.75, 3.05) is 11.4 Å². The number of carbonyl (C=O) groups excluding carboxylic acids is 2. The Labute approximate surface area is 121 Å². The van der Waals surface area contributed by atoms with Crippen LogP contribution in [-0.4, -0.2) is 28.3 Å². The molecule has 1 N–H and O–H groups in total. The number of amides is 3. The Morgan fingerprint density at radius 2 is 2.15 bits per heavy atom. The van der Waals surface area contributed by atoms with E-state index in [9.17, 15) is 14.0 Å². The van der Waals surface area contributed by atoms with Crippen LogP contribution in [-0.2, 0) is 11.8 Å². The van der Waals surface area contributed by atoms with Gasteiger partial charge in [0.05, 0.1) is 10.9 Å². The minimum absolute atomic E-state index is 0.166. The summed E-state index contributed by atoms with van der Waals surface area (Å²) < 4.78 is 16.3. The van der Waals surface area contributed by atoms with E-state index in [0.29, 0.717) is 9.99 Å². The average Bonchev–Trinajstić information content (AvgIpc) is 2.73. The van der Waals surface area contributed by atoms with E-state index in [4.69, 9.17) is 0 Å². The third-order valence-corrected chi connectivity index (χ3v) is 3.82. The second-order valence-corrected chi connectivity index (χ2v) is 5.31. The Bertz CT molecular complexity index is 743. The summed E-state index contributed by atoms with van der Waals surface area (Å²) >= 11 is 3.34. The van der Waals surface area contributed by atoms with Crippen LogP contribution in [0, 0.1) is 5.82 Å². The van der Waals surface area contributed by atoms with Crippen molar-refractivity contribution in [2.24, 2.45) is 7.05 Å². The molecule has 1 aliphatic rings. The first-order valence-corrected chi connectivity index (χ1v) is 6.70. The summed E-state index contributed by atoms with van der Waals surface area (Å²) in [6.45, 7) is 0.183. The third-order valence-electron chi connectivity index (χ3n) is 3.18. The van der Waals surface area contributed by atoms with Gasteiger partial charge < -0.3 is 0 Å². The number of nitrogens with one attached hydrogen (secondary N) is 1. The van der Waals surface area contributed by atoms with Crippen molar-refractivity contribution >= 4 is 44.6 Å². The minimum atomic E-state index is -0.583. The van der Waals surface area contributed by atoms with Gasteiger partial charge in [-0.2, -0.15) is 5.10 Å². The minimum Gasteiger partial charge on any atom is -0.278 e. The molecule has 2 heterocycles. The fourth-order valence-electron chi connectivity index (χ4n) is 2.27. The molecule has 0 spiro atoms. The van der Waals surface area contributed by atoms with E-state index in [1.807, 2.05) is 0 Å².